The van der Waals surface area contributed by atoms with Crippen molar-refractivity contribution in [3.05, 3.63) is 20.8 Å². The van der Waals surface area contributed by atoms with Crippen molar-refractivity contribution in [1.29, 1.82) is 0 Å². The molecule has 3 rings (SSSR count). The highest BCUT2D eigenvalue weighted by molar-refractivity contribution is 9.10. The molecule has 1 N–H and O–H groups in total. The van der Waals surface area contributed by atoms with Gasteiger partial charge in [-0.2, -0.15) is 0 Å². The normalized spacial score (nSPS) is 19.7. The van der Waals surface area contributed by atoms with Gasteiger partial charge in [0, 0.05) is 47.0 Å². The molecule has 1 aromatic rings. The summed E-state index contributed by atoms with van der Waals surface area (Å²) in [7, 11) is 0. The van der Waals surface area contributed by atoms with Crippen molar-refractivity contribution in [3.8, 4) is 0 Å². The highest BCUT2D eigenvalue weighted by atomic mass is 79.9. The summed E-state index contributed by atoms with van der Waals surface area (Å²) < 4.78 is 1.21. The van der Waals surface area contributed by atoms with Gasteiger partial charge >= 0.3 is 0 Å². The molecule has 0 bridgehead atoms. The first kappa shape index (κ1) is 13.1. The van der Waals surface area contributed by atoms with Crippen LogP contribution in [0.25, 0.3) is 0 Å². The van der Waals surface area contributed by atoms with Crippen LogP contribution in [0.4, 0.5) is 0 Å². The first-order valence-corrected chi connectivity index (χ1v) is 8.66. The predicted octanol–water partition coefficient (Wildman–Crippen LogP) is 3.47. The molecule has 0 atom stereocenters. The zero-order chi connectivity index (χ0) is 12.4. The summed E-state index contributed by atoms with van der Waals surface area (Å²) in [5.74, 6) is 1.03. The van der Waals surface area contributed by atoms with Crippen molar-refractivity contribution in [2.75, 3.05) is 19.6 Å². The summed E-state index contributed by atoms with van der Waals surface area (Å²) in [6.07, 6.45) is 5.81. The Kier molecular flexibility index (Phi) is 4.39. The molecular formula is C14H21BrN2S. The average molecular weight is 329 g/mol. The molecule has 1 aromatic heterocycles. The van der Waals surface area contributed by atoms with Crippen molar-refractivity contribution in [2.45, 2.75) is 38.3 Å². The highest BCUT2D eigenvalue weighted by Crippen LogP contribution is 2.34. The van der Waals surface area contributed by atoms with Gasteiger partial charge in [0.25, 0.3) is 0 Å². The van der Waals surface area contributed by atoms with Crippen LogP contribution in [0.15, 0.2) is 15.9 Å². The van der Waals surface area contributed by atoms with E-state index in [0.717, 1.165) is 25.0 Å². The van der Waals surface area contributed by atoms with E-state index in [1.807, 2.05) is 11.3 Å². The Morgan fingerprint density at radius 3 is 2.78 bits per heavy atom. The first-order valence-electron chi connectivity index (χ1n) is 6.99. The van der Waals surface area contributed by atoms with Crippen LogP contribution in [0.5, 0.6) is 0 Å². The van der Waals surface area contributed by atoms with Crippen LogP contribution in [0.2, 0.25) is 0 Å². The SMILES string of the molecule is Brc1csc(CNCCN(CC2CC2)C2CC2)c1. The van der Waals surface area contributed by atoms with Gasteiger partial charge in [-0.15, -0.1) is 11.3 Å². The third-order valence-electron chi connectivity index (χ3n) is 3.75. The molecule has 100 valence electrons. The minimum Gasteiger partial charge on any atom is -0.311 e. The summed E-state index contributed by atoms with van der Waals surface area (Å²) in [4.78, 5) is 4.14. The van der Waals surface area contributed by atoms with Crippen molar-refractivity contribution >= 4 is 27.3 Å². The second-order valence-corrected chi connectivity index (χ2v) is 7.49. The fraction of sp³-hybridized carbons (Fsp3) is 0.714. The zero-order valence-electron chi connectivity index (χ0n) is 10.7. The van der Waals surface area contributed by atoms with Crippen molar-refractivity contribution in [1.82, 2.24) is 10.2 Å². The van der Waals surface area contributed by atoms with Crippen molar-refractivity contribution < 1.29 is 0 Å². The topological polar surface area (TPSA) is 15.3 Å². The number of rotatable bonds is 8. The first-order chi connectivity index (χ1) is 8.81. The lowest BCUT2D eigenvalue weighted by Gasteiger charge is -2.21. The number of halogens is 1. The van der Waals surface area contributed by atoms with Crippen LogP contribution in [-0.2, 0) is 6.54 Å². The highest BCUT2D eigenvalue weighted by Gasteiger charge is 2.32. The van der Waals surface area contributed by atoms with E-state index >= 15 is 0 Å². The summed E-state index contributed by atoms with van der Waals surface area (Å²) in [5.41, 5.74) is 0. The van der Waals surface area contributed by atoms with Gasteiger partial charge < -0.3 is 5.32 Å². The third kappa shape index (κ3) is 4.05. The van der Waals surface area contributed by atoms with Crippen LogP contribution in [0.1, 0.15) is 30.6 Å². The lowest BCUT2D eigenvalue weighted by molar-refractivity contribution is 0.252. The van der Waals surface area contributed by atoms with Crippen LogP contribution >= 0.6 is 27.3 Å². The third-order valence-corrected chi connectivity index (χ3v) is 5.45. The van der Waals surface area contributed by atoms with Crippen LogP contribution in [0, 0.1) is 5.92 Å². The van der Waals surface area contributed by atoms with Gasteiger partial charge in [0.15, 0.2) is 0 Å². The van der Waals surface area contributed by atoms with E-state index in [4.69, 9.17) is 0 Å². The maximum atomic E-state index is 3.57. The van der Waals surface area contributed by atoms with Gasteiger partial charge in [0.2, 0.25) is 0 Å². The molecule has 0 amide bonds. The lowest BCUT2D eigenvalue weighted by Crippen LogP contribution is -2.35. The Hall–Kier alpha value is 0.1000. The number of hydrogen-bond donors (Lipinski definition) is 1. The molecule has 18 heavy (non-hydrogen) atoms. The molecule has 2 aliphatic rings. The Morgan fingerprint density at radius 2 is 2.17 bits per heavy atom. The second kappa shape index (κ2) is 6.04. The maximum Gasteiger partial charge on any atom is 0.0300 e. The fourth-order valence-electron chi connectivity index (χ4n) is 2.38. The molecule has 2 aliphatic carbocycles. The number of hydrogen-bond acceptors (Lipinski definition) is 3. The Morgan fingerprint density at radius 1 is 1.33 bits per heavy atom. The van der Waals surface area contributed by atoms with E-state index in [0.29, 0.717) is 0 Å². The van der Waals surface area contributed by atoms with Gasteiger partial charge in [0.1, 0.15) is 0 Å². The molecule has 0 spiro atoms. The average Bonchev–Trinajstić information content (AvgIpc) is 3.23. The summed E-state index contributed by atoms with van der Waals surface area (Å²) >= 11 is 5.32. The smallest absolute Gasteiger partial charge is 0.0300 e. The van der Waals surface area contributed by atoms with Crippen molar-refractivity contribution in [3.63, 3.8) is 0 Å². The van der Waals surface area contributed by atoms with E-state index in [-0.39, 0.29) is 0 Å². The Balaban J connectivity index is 1.34. The molecule has 1 heterocycles. The van der Waals surface area contributed by atoms with E-state index in [9.17, 15) is 0 Å². The summed E-state index contributed by atoms with van der Waals surface area (Å²) in [6, 6.07) is 3.13. The molecule has 4 heteroatoms. The van der Waals surface area contributed by atoms with Gasteiger partial charge in [-0.25, -0.2) is 0 Å². The minimum atomic E-state index is 0.920. The van der Waals surface area contributed by atoms with E-state index in [1.54, 1.807) is 0 Å². The quantitative estimate of drug-likeness (QED) is 0.735. The molecule has 0 radical (unpaired) electrons. The monoisotopic (exact) mass is 328 g/mol. The summed E-state index contributed by atoms with van der Waals surface area (Å²) in [5, 5.41) is 5.72. The number of thiophene rings is 1. The molecule has 2 nitrogen and oxygen atoms in total. The van der Waals surface area contributed by atoms with Crippen molar-refractivity contribution in [2.24, 2.45) is 5.92 Å². The van der Waals surface area contributed by atoms with Crippen LogP contribution in [0.3, 0.4) is 0 Å². The predicted molar refractivity (Wildman–Crippen MR) is 81.0 cm³/mol. The fourth-order valence-corrected chi connectivity index (χ4v) is 3.80. The Bertz CT molecular complexity index is 385. The molecule has 2 saturated carbocycles. The van der Waals surface area contributed by atoms with Gasteiger partial charge in [-0.1, -0.05) is 0 Å². The number of nitrogens with zero attached hydrogens (tertiary/aromatic N) is 1. The van der Waals surface area contributed by atoms with Crippen LogP contribution in [-0.4, -0.2) is 30.6 Å². The zero-order valence-corrected chi connectivity index (χ0v) is 13.1. The molecular weight excluding hydrogens is 308 g/mol. The second-order valence-electron chi connectivity index (χ2n) is 5.58. The summed E-state index contributed by atoms with van der Waals surface area (Å²) in [6.45, 7) is 4.72. The molecule has 0 unspecified atom stereocenters. The molecule has 0 aromatic carbocycles. The minimum absolute atomic E-state index is 0.920. The molecule has 0 aliphatic heterocycles. The van der Waals surface area contributed by atoms with E-state index in [2.05, 4.69) is 37.6 Å². The van der Waals surface area contributed by atoms with Gasteiger partial charge in [0.05, 0.1) is 0 Å². The van der Waals surface area contributed by atoms with E-state index in [1.165, 1.54) is 48.1 Å². The number of nitrogens with one attached hydrogen (secondary N) is 1. The Labute approximate surface area is 122 Å². The van der Waals surface area contributed by atoms with Gasteiger partial charge in [-0.05, 0) is 53.6 Å². The van der Waals surface area contributed by atoms with Gasteiger partial charge in [-0.3, -0.25) is 4.90 Å². The van der Waals surface area contributed by atoms with Crippen LogP contribution < -0.4 is 5.32 Å². The maximum absolute atomic E-state index is 3.57. The molecule has 0 saturated heterocycles. The molecule has 2 fully saturated rings. The largest absolute Gasteiger partial charge is 0.311 e. The standard InChI is InChI=1S/C14H21BrN2S/c15-12-7-14(18-10-12)8-16-5-6-17(13-3-4-13)9-11-1-2-11/h7,10-11,13,16H,1-6,8-9H2. The van der Waals surface area contributed by atoms with E-state index < -0.39 is 0 Å². The lowest BCUT2D eigenvalue weighted by atomic mass is 10.3.